The third kappa shape index (κ3) is 6.27. The molecule has 0 amide bonds. The van der Waals surface area contributed by atoms with Gasteiger partial charge in [-0.2, -0.15) is 16.7 Å². The Morgan fingerprint density at radius 1 is 1.11 bits per heavy atom. The fourth-order valence-electron chi connectivity index (χ4n) is 3.16. The first-order chi connectivity index (χ1) is 13.8. The van der Waals surface area contributed by atoms with Crippen molar-refractivity contribution in [3.63, 3.8) is 0 Å². The molecule has 1 N–H and O–H groups in total. The van der Waals surface area contributed by atoms with Gasteiger partial charge in [-0.3, -0.25) is 0 Å². The first-order valence-electron chi connectivity index (χ1n) is 10.2. The van der Waals surface area contributed by atoms with E-state index in [1.807, 2.05) is 48.3 Å². The number of rotatable bonds is 10. The van der Waals surface area contributed by atoms with E-state index >= 15 is 0 Å². The number of ether oxygens (including phenoxy) is 1. The van der Waals surface area contributed by atoms with E-state index in [9.17, 15) is 0 Å². The summed E-state index contributed by atoms with van der Waals surface area (Å²) in [7, 11) is 0. The Bertz CT molecular complexity index is 702. The van der Waals surface area contributed by atoms with Crippen molar-refractivity contribution in [3.05, 3.63) is 36.5 Å². The Balaban J connectivity index is 1.49. The second kappa shape index (κ2) is 11.1. The van der Waals surface area contributed by atoms with Crippen molar-refractivity contribution in [3.8, 4) is 5.75 Å². The van der Waals surface area contributed by atoms with Crippen LogP contribution in [0.25, 0.3) is 0 Å². The molecule has 1 aromatic carbocycles. The summed E-state index contributed by atoms with van der Waals surface area (Å²) in [5.41, 5.74) is 0.960. The zero-order valence-corrected chi connectivity index (χ0v) is 17.7. The molecule has 0 saturated carbocycles. The Kier molecular flexibility index (Phi) is 8.23. The predicted octanol–water partition coefficient (Wildman–Crippen LogP) is 3.88. The van der Waals surface area contributed by atoms with Crippen LogP contribution in [0, 0.1) is 0 Å². The quantitative estimate of drug-likeness (QED) is 0.606. The van der Waals surface area contributed by atoms with Crippen molar-refractivity contribution in [1.82, 2.24) is 14.9 Å². The molecule has 0 spiro atoms. The molecule has 6 nitrogen and oxygen atoms in total. The summed E-state index contributed by atoms with van der Waals surface area (Å²) in [6, 6.07) is 9.98. The number of anilines is 3. The van der Waals surface area contributed by atoms with Gasteiger partial charge in [0.05, 0.1) is 6.61 Å². The van der Waals surface area contributed by atoms with Gasteiger partial charge in [-0.1, -0.05) is 13.8 Å². The molecule has 7 heteroatoms. The summed E-state index contributed by atoms with van der Waals surface area (Å²) < 4.78 is 5.85. The van der Waals surface area contributed by atoms with Gasteiger partial charge in [0, 0.05) is 43.0 Å². The van der Waals surface area contributed by atoms with Crippen LogP contribution in [-0.2, 0) is 0 Å². The molecule has 1 aromatic heterocycles. The molecular formula is C21H31N5OS. The highest BCUT2D eigenvalue weighted by Crippen LogP contribution is 2.21. The molecule has 0 unspecified atom stereocenters. The van der Waals surface area contributed by atoms with Gasteiger partial charge < -0.3 is 19.9 Å². The first kappa shape index (κ1) is 20.7. The first-order valence-corrected chi connectivity index (χ1v) is 11.3. The molecule has 1 fully saturated rings. The van der Waals surface area contributed by atoms with Gasteiger partial charge in [0.25, 0.3) is 0 Å². The molecule has 0 bridgehead atoms. The van der Waals surface area contributed by atoms with E-state index in [1.54, 1.807) is 0 Å². The van der Waals surface area contributed by atoms with Crippen LogP contribution < -0.4 is 15.0 Å². The molecule has 152 valence electrons. The predicted molar refractivity (Wildman–Crippen MR) is 119 cm³/mol. The number of aromatic nitrogens is 2. The fourth-order valence-corrected chi connectivity index (χ4v) is 4.06. The summed E-state index contributed by atoms with van der Waals surface area (Å²) in [6.07, 6.45) is 2.86. The zero-order valence-electron chi connectivity index (χ0n) is 16.9. The minimum absolute atomic E-state index is 0.628. The van der Waals surface area contributed by atoms with E-state index < -0.39 is 0 Å². The van der Waals surface area contributed by atoms with Crippen molar-refractivity contribution in [1.29, 1.82) is 0 Å². The molecule has 1 aliphatic heterocycles. The van der Waals surface area contributed by atoms with Gasteiger partial charge in [-0.25, -0.2) is 4.98 Å². The number of nitrogens with zero attached hydrogens (tertiary/aromatic N) is 4. The topological polar surface area (TPSA) is 53.5 Å². The molecule has 1 aliphatic rings. The monoisotopic (exact) mass is 401 g/mol. The lowest BCUT2D eigenvalue weighted by atomic mass is 10.3. The van der Waals surface area contributed by atoms with Gasteiger partial charge in [-0.15, -0.1) is 0 Å². The molecule has 28 heavy (non-hydrogen) atoms. The van der Waals surface area contributed by atoms with Crippen molar-refractivity contribution in [2.75, 3.05) is 61.1 Å². The highest BCUT2D eigenvalue weighted by atomic mass is 32.2. The SMILES string of the molecule is CCN(CC)CCCOc1ccc(Nc2nccc(N3CCSCC3)n2)cc1. The van der Waals surface area contributed by atoms with Crippen LogP contribution in [0.15, 0.2) is 36.5 Å². The smallest absolute Gasteiger partial charge is 0.229 e. The van der Waals surface area contributed by atoms with E-state index in [4.69, 9.17) is 4.74 Å². The normalized spacial score (nSPS) is 14.3. The minimum atomic E-state index is 0.628. The zero-order chi connectivity index (χ0) is 19.6. The lowest BCUT2D eigenvalue weighted by Gasteiger charge is -2.27. The second-order valence-electron chi connectivity index (χ2n) is 6.72. The van der Waals surface area contributed by atoms with Crippen molar-refractivity contribution in [2.45, 2.75) is 20.3 Å². The standard InChI is InChI=1S/C21H31N5OS/c1-3-25(4-2)12-5-15-27-19-8-6-18(7-9-19)23-21-22-11-10-20(24-21)26-13-16-28-17-14-26/h6-11H,3-5,12-17H2,1-2H3,(H,22,23,24). The van der Waals surface area contributed by atoms with Gasteiger partial charge in [0.15, 0.2) is 0 Å². The molecule has 0 atom stereocenters. The van der Waals surface area contributed by atoms with Gasteiger partial charge in [-0.05, 0) is 49.8 Å². The fraction of sp³-hybridized carbons (Fsp3) is 0.524. The van der Waals surface area contributed by atoms with E-state index in [0.717, 1.165) is 74.5 Å². The average Bonchev–Trinajstić information content (AvgIpc) is 2.76. The number of hydrogen-bond donors (Lipinski definition) is 1. The largest absolute Gasteiger partial charge is 0.494 e. The van der Waals surface area contributed by atoms with Crippen LogP contribution >= 0.6 is 11.8 Å². The van der Waals surface area contributed by atoms with E-state index in [1.165, 1.54) is 0 Å². The molecule has 0 radical (unpaired) electrons. The van der Waals surface area contributed by atoms with E-state index in [2.05, 4.69) is 38.9 Å². The second-order valence-corrected chi connectivity index (χ2v) is 7.94. The van der Waals surface area contributed by atoms with Gasteiger partial charge >= 0.3 is 0 Å². The lowest BCUT2D eigenvalue weighted by molar-refractivity contribution is 0.249. The van der Waals surface area contributed by atoms with Crippen molar-refractivity contribution in [2.24, 2.45) is 0 Å². The molecular weight excluding hydrogens is 370 g/mol. The number of thioether (sulfide) groups is 1. The number of benzene rings is 1. The summed E-state index contributed by atoms with van der Waals surface area (Å²) >= 11 is 2.00. The van der Waals surface area contributed by atoms with Gasteiger partial charge in [0.2, 0.25) is 5.95 Å². The third-order valence-corrected chi connectivity index (χ3v) is 5.81. The van der Waals surface area contributed by atoms with Crippen molar-refractivity contribution >= 4 is 29.2 Å². The number of nitrogens with one attached hydrogen (secondary N) is 1. The Hall–Kier alpha value is -1.99. The van der Waals surface area contributed by atoms with Gasteiger partial charge in [0.1, 0.15) is 11.6 Å². The Labute approximate surface area is 172 Å². The van der Waals surface area contributed by atoms with E-state index in [-0.39, 0.29) is 0 Å². The third-order valence-electron chi connectivity index (χ3n) is 4.87. The summed E-state index contributed by atoms with van der Waals surface area (Å²) in [4.78, 5) is 13.7. The molecule has 2 aromatic rings. The van der Waals surface area contributed by atoms with Crippen molar-refractivity contribution < 1.29 is 4.74 Å². The Morgan fingerprint density at radius 2 is 1.86 bits per heavy atom. The molecule has 0 aliphatic carbocycles. The molecule has 1 saturated heterocycles. The highest BCUT2D eigenvalue weighted by molar-refractivity contribution is 7.99. The molecule has 2 heterocycles. The van der Waals surface area contributed by atoms with Crippen LogP contribution in [0.2, 0.25) is 0 Å². The molecule has 3 rings (SSSR count). The number of hydrogen-bond acceptors (Lipinski definition) is 7. The van der Waals surface area contributed by atoms with Crippen LogP contribution in [0.4, 0.5) is 17.5 Å². The maximum absolute atomic E-state index is 5.85. The van der Waals surface area contributed by atoms with Crippen LogP contribution in [0.5, 0.6) is 5.75 Å². The Morgan fingerprint density at radius 3 is 2.57 bits per heavy atom. The average molecular weight is 402 g/mol. The highest BCUT2D eigenvalue weighted by Gasteiger charge is 2.13. The summed E-state index contributed by atoms with van der Waals surface area (Å²) in [5.74, 6) is 4.83. The van der Waals surface area contributed by atoms with E-state index in [0.29, 0.717) is 5.95 Å². The van der Waals surface area contributed by atoms with Crippen LogP contribution in [0.1, 0.15) is 20.3 Å². The van der Waals surface area contributed by atoms with Crippen LogP contribution in [0.3, 0.4) is 0 Å². The maximum Gasteiger partial charge on any atom is 0.229 e. The maximum atomic E-state index is 5.85. The van der Waals surface area contributed by atoms with Crippen LogP contribution in [-0.4, -0.2) is 65.7 Å². The summed E-state index contributed by atoms with van der Waals surface area (Å²) in [6.45, 7) is 10.5. The lowest BCUT2D eigenvalue weighted by Crippen LogP contribution is -2.33. The minimum Gasteiger partial charge on any atom is -0.494 e. The summed E-state index contributed by atoms with van der Waals surface area (Å²) in [5, 5.41) is 3.29.